The summed E-state index contributed by atoms with van der Waals surface area (Å²) in [6, 6.07) is 8.83. The monoisotopic (exact) mass is 424 g/mol. The number of unbranched alkanes of at least 4 members (excludes halogenated alkanes) is 8. The third-order valence-electron chi connectivity index (χ3n) is 4.32. The Morgan fingerprint density at radius 3 is 2.00 bits per heavy atom. The molecule has 22 heavy (non-hydrogen) atoms. The van der Waals surface area contributed by atoms with Crippen LogP contribution >= 0.6 is 22.6 Å². The molecule has 0 nitrogen and oxygen atoms in total. The molecule has 0 saturated carbocycles. The van der Waals surface area contributed by atoms with Gasteiger partial charge in [0, 0.05) is 3.92 Å². The summed E-state index contributed by atoms with van der Waals surface area (Å²) in [5.41, 5.74) is 2.99. The van der Waals surface area contributed by atoms with Crippen molar-refractivity contribution < 1.29 is 0 Å². The van der Waals surface area contributed by atoms with E-state index in [2.05, 4.69) is 60.7 Å². The summed E-state index contributed by atoms with van der Waals surface area (Å²) < 4.78 is 0.799. The van der Waals surface area contributed by atoms with Crippen molar-refractivity contribution >= 4 is 52.1 Å². The molecule has 0 radical (unpaired) electrons. The summed E-state index contributed by atoms with van der Waals surface area (Å²) in [6.07, 6.45) is 15.5. The molecule has 0 fully saturated rings. The van der Waals surface area contributed by atoms with Crippen LogP contribution in [0.5, 0.6) is 0 Å². The molecule has 0 aliphatic rings. The molecule has 2 heteroatoms. The molecule has 0 heterocycles. The number of hydrogen-bond acceptors (Lipinski definition) is 0. The summed E-state index contributed by atoms with van der Waals surface area (Å²) in [4.78, 5) is 0. The molecule has 0 N–H and O–H groups in total. The van der Waals surface area contributed by atoms with Gasteiger partial charge in [-0.2, -0.15) is 0 Å². The molecular formula is C20H34INa. The first-order valence-electron chi connectivity index (χ1n) is 8.92. The van der Waals surface area contributed by atoms with E-state index < -0.39 is 0 Å². The van der Waals surface area contributed by atoms with Crippen LogP contribution in [-0.4, -0.2) is 33.5 Å². The van der Waals surface area contributed by atoms with Crippen LogP contribution in [0.1, 0.15) is 82.3 Å². The van der Waals surface area contributed by atoms with Gasteiger partial charge in [0.1, 0.15) is 0 Å². The molecule has 0 aliphatic carbocycles. The Labute approximate surface area is 174 Å². The van der Waals surface area contributed by atoms with Gasteiger partial charge in [0.05, 0.1) is 0 Å². The van der Waals surface area contributed by atoms with Crippen LogP contribution in [0.4, 0.5) is 0 Å². The van der Waals surface area contributed by atoms with Crippen molar-refractivity contribution in [3.8, 4) is 0 Å². The van der Waals surface area contributed by atoms with Crippen molar-refractivity contribution in [2.45, 2.75) is 88.4 Å². The molecule has 0 aromatic heterocycles. The van der Waals surface area contributed by atoms with E-state index in [1.807, 2.05) is 0 Å². The van der Waals surface area contributed by atoms with Gasteiger partial charge in [-0.25, -0.2) is 0 Å². The number of rotatable bonds is 12. The molecule has 1 unspecified atom stereocenters. The zero-order valence-corrected chi connectivity index (χ0v) is 16.2. The van der Waals surface area contributed by atoms with Crippen LogP contribution in [0.25, 0.3) is 0 Å². The first-order valence-corrected chi connectivity index (χ1v) is 10.2. The van der Waals surface area contributed by atoms with E-state index in [0.29, 0.717) is 0 Å². The van der Waals surface area contributed by atoms with Crippen LogP contribution in [0.3, 0.4) is 0 Å². The van der Waals surface area contributed by atoms with Gasteiger partial charge in [-0.1, -0.05) is 112 Å². The van der Waals surface area contributed by atoms with Crippen LogP contribution in [0.2, 0.25) is 0 Å². The van der Waals surface area contributed by atoms with Gasteiger partial charge < -0.3 is 0 Å². The Kier molecular flexibility index (Phi) is 16.1. The van der Waals surface area contributed by atoms with Crippen molar-refractivity contribution in [1.29, 1.82) is 0 Å². The van der Waals surface area contributed by atoms with Crippen molar-refractivity contribution in [3.63, 3.8) is 0 Å². The number of hydrogen-bond donors (Lipinski definition) is 0. The van der Waals surface area contributed by atoms with Crippen LogP contribution in [0.15, 0.2) is 24.3 Å². The number of benzene rings is 1. The molecule has 0 bridgehead atoms. The van der Waals surface area contributed by atoms with Crippen LogP contribution < -0.4 is 0 Å². The SMILES string of the molecule is CCCCCCCCCCCC(I)Cc1ccccc1C.[NaH]. The number of aryl methyl sites for hydroxylation is 1. The van der Waals surface area contributed by atoms with Crippen molar-refractivity contribution in [2.24, 2.45) is 0 Å². The molecule has 1 aromatic rings. The zero-order chi connectivity index (χ0) is 15.3. The summed E-state index contributed by atoms with van der Waals surface area (Å²) in [6.45, 7) is 4.52. The molecule has 0 aliphatic heterocycles. The Morgan fingerprint density at radius 2 is 1.41 bits per heavy atom. The second-order valence-electron chi connectivity index (χ2n) is 6.34. The van der Waals surface area contributed by atoms with Gasteiger partial charge in [0.15, 0.2) is 0 Å². The normalized spacial score (nSPS) is 12.0. The van der Waals surface area contributed by atoms with Crippen LogP contribution in [0, 0.1) is 6.92 Å². The predicted octanol–water partition coefficient (Wildman–Crippen LogP) is 6.61. The minimum absolute atomic E-state index is 0. The number of alkyl halides is 1. The number of halogens is 1. The van der Waals surface area contributed by atoms with Gasteiger partial charge in [-0.3, -0.25) is 0 Å². The zero-order valence-electron chi connectivity index (χ0n) is 14.0. The molecule has 1 aromatic carbocycles. The molecular weight excluding hydrogens is 390 g/mol. The Morgan fingerprint density at radius 1 is 0.864 bits per heavy atom. The van der Waals surface area contributed by atoms with Gasteiger partial charge in [0.25, 0.3) is 0 Å². The van der Waals surface area contributed by atoms with E-state index in [4.69, 9.17) is 0 Å². The Hall–Kier alpha value is 0.950. The standard InChI is InChI=1S/C20H33I.Na.H/c1-3-4-5-6-7-8-9-10-11-16-20(21)17-19-15-13-12-14-18(19)2;;/h12-15,20H,3-11,16-17H2,1-2H3;;. The van der Waals surface area contributed by atoms with Crippen molar-refractivity contribution in [1.82, 2.24) is 0 Å². The van der Waals surface area contributed by atoms with Gasteiger partial charge in [-0.15, -0.1) is 0 Å². The summed E-state index contributed by atoms with van der Waals surface area (Å²) in [5.74, 6) is 0. The second kappa shape index (κ2) is 15.5. The maximum absolute atomic E-state index is 2.65. The van der Waals surface area contributed by atoms with E-state index in [0.717, 1.165) is 3.92 Å². The fourth-order valence-corrected chi connectivity index (χ4v) is 3.77. The van der Waals surface area contributed by atoms with Crippen molar-refractivity contribution in [3.05, 3.63) is 35.4 Å². The first kappa shape index (κ1) is 22.9. The van der Waals surface area contributed by atoms with E-state index in [-0.39, 0.29) is 29.6 Å². The summed E-state index contributed by atoms with van der Waals surface area (Å²) >= 11 is 2.65. The average molecular weight is 424 g/mol. The van der Waals surface area contributed by atoms with Gasteiger partial charge in [-0.05, 0) is 30.9 Å². The van der Waals surface area contributed by atoms with E-state index in [1.165, 1.54) is 81.8 Å². The van der Waals surface area contributed by atoms with Gasteiger partial charge >= 0.3 is 29.6 Å². The van der Waals surface area contributed by atoms with E-state index in [1.54, 1.807) is 0 Å². The Balaban J connectivity index is 0.00000441. The van der Waals surface area contributed by atoms with Gasteiger partial charge in [0.2, 0.25) is 0 Å². The van der Waals surface area contributed by atoms with Crippen LogP contribution in [-0.2, 0) is 6.42 Å². The molecule has 0 saturated heterocycles. The molecule has 1 rings (SSSR count). The topological polar surface area (TPSA) is 0 Å². The third kappa shape index (κ3) is 11.5. The molecule has 0 spiro atoms. The fraction of sp³-hybridized carbons (Fsp3) is 0.700. The third-order valence-corrected chi connectivity index (χ3v) is 5.39. The summed E-state index contributed by atoms with van der Waals surface area (Å²) in [5, 5.41) is 0. The average Bonchev–Trinajstić information content (AvgIpc) is 2.48. The first-order chi connectivity index (χ1) is 10.2. The predicted molar refractivity (Wildman–Crippen MR) is 112 cm³/mol. The van der Waals surface area contributed by atoms with E-state index >= 15 is 0 Å². The quantitative estimate of drug-likeness (QED) is 0.153. The summed E-state index contributed by atoms with van der Waals surface area (Å²) in [7, 11) is 0. The maximum atomic E-state index is 2.65. The molecule has 1 atom stereocenters. The second-order valence-corrected chi connectivity index (χ2v) is 8.11. The fourth-order valence-electron chi connectivity index (χ4n) is 2.86. The van der Waals surface area contributed by atoms with E-state index in [9.17, 15) is 0 Å². The molecule has 0 amide bonds. The Bertz CT molecular complexity index is 364. The molecule has 122 valence electrons. The van der Waals surface area contributed by atoms with Crippen molar-refractivity contribution in [2.75, 3.05) is 0 Å². The minimum atomic E-state index is 0.